The van der Waals surface area contributed by atoms with Gasteiger partial charge in [-0.1, -0.05) is 17.3 Å². The van der Waals surface area contributed by atoms with E-state index < -0.39 is 0 Å². The molecule has 8 heteroatoms. The zero-order valence-corrected chi connectivity index (χ0v) is 11.8. The van der Waals surface area contributed by atoms with Crippen molar-refractivity contribution in [1.82, 2.24) is 30.5 Å². The van der Waals surface area contributed by atoms with Crippen LogP contribution in [0.2, 0.25) is 0 Å². The van der Waals surface area contributed by atoms with Gasteiger partial charge in [0.2, 0.25) is 11.8 Å². The summed E-state index contributed by atoms with van der Waals surface area (Å²) in [6.45, 7) is 0.275. The van der Waals surface area contributed by atoms with Crippen molar-refractivity contribution in [2.75, 3.05) is 0 Å². The normalized spacial score (nSPS) is 14.4. The van der Waals surface area contributed by atoms with Crippen LogP contribution >= 0.6 is 0 Å². The van der Waals surface area contributed by atoms with Crippen LogP contribution in [0.25, 0.3) is 11.0 Å². The molecule has 2 aromatic heterocycles. The van der Waals surface area contributed by atoms with Crippen molar-refractivity contribution in [3.05, 3.63) is 36.0 Å². The monoisotopic (exact) mass is 298 g/mol. The van der Waals surface area contributed by atoms with E-state index in [9.17, 15) is 4.79 Å². The van der Waals surface area contributed by atoms with Gasteiger partial charge in [0.05, 0.1) is 6.54 Å². The Labute approximate surface area is 125 Å². The van der Waals surface area contributed by atoms with Crippen LogP contribution in [0.1, 0.15) is 30.5 Å². The third-order valence-electron chi connectivity index (χ3n) is 3.48. The molecule has 1 saturated carbocycles. The number of hydrogen-bond acceptors (Lipinski definition) is 6. The minimum absolute atomic E-state index is 0.0539. The fourth-order valence-electron chi connectivity index (χ4n) is 2.18. The number of fused-ring (bicyclic) bond motifs is 1. The molecule has 1 N–H and O–H groups in total. The molecule has 1 aliphatic rings. The quantitative estimate of drug-likeness (QED) is 0.754. The maximum absolute atomic E-state index is 11.9. The zero-order chi connectivity index (χ0) is 14.9. The van der Waals surface area contributed by atoms with Crippen molar-refractivity contribution in [2.24, 2.45) is 0 Å². The Kier molecular flexibility index (Phi) is 3.06. The van der Waals surface area contributed by atoms with E-state index in [1.54, 1.807) is 0 Å². The van der Waals surface area contributed by atoms with Crippen LogP contribution in [0, 0.1) is 0 Å². The number of carbonyl (C=O) groups is 1. The number of amides is 1. The van der Waals surface area contributed by atoms with E-state index in [0.717, 1.165) is 29.7 Å². The van der Waals surface area contributed by atoms with E-state index in [2.05, 4.69) is 25.7 Å². The molecule has 0 spiro atoms. The van der Waals surface area contributed by atoms with Crippen molar-refractivity contribution in [3.8, 4) is 0 Å². The van der Waals surface area contributed by atoms with Crippen LogP contribution in [0.3, 0.4) is 0 Å². The highest BCUT2D eigenvalue weighted by atomic mass is 16.5. The zero-order valence-electron chi connectivity index (χ0n) is 11.8. The van der Waals surface area contributed by atoms with Gasteiger partial charge in [0.25, 0.3) is 0 Å². The van der Waals surface area contributed by atoms with Gasteiger partial charge < -0.3 is 9.84 Å². The molecule has 4 rings (SSSR count). The molecule has 8 nitrogen and oxygen atoms in total. The molecule has 0 aliphatic heterocycles. The molecule has 3 aromatic rings. The van der Waals surface area contributed by atoms with Crippen LogP contribution < -0.4 is 5.32 Å². The molecule has 0 unspecified atom stereocenters. The average Bonchev–Trinajstić information content (AvgIpc) is 3.11. The Morgan fingerprint density at radius 3 is 2.68 bits per heavy atom. The van der Waals surface area contributed by atoms with Crippen LogP contribution in [0.4, 0.5) is 0 Å². The van der Waals surface area contributed by atoms with E-state index >= 15 is 0 Å². The number of benzene rings is 1. The molecule has 112 valence electrons. The van der Waals surface area contributed by atoms with Gasteiger partial charge in [-0.05, 0) is 25.0 Å². The molecule has 0 radical (unpaired) electrons. The minimum Gasteiger partial charge on any atom is -0.345 e. The summed E-state index contributed by atoms with van der Waals surface area (Å²) < 4.78 is 5.10. The second-order valence-electron chi connectivity index (χ2n) is 5.32. The molecule has 2 heterocycles. The van der Waals surface area contributed by atoms with E-state index in [4.69, 9.17) is 4.52 Å². The topological polar surface area (TPSA) is 98.7 Å². The highest BCUT2D eigenvalue weighted by Crippen LogP contribution is 2.37. The molecule has 1 aliphatic carbocycles. The maximum atomic E-state index is 11.9. The SMILES string of the molecule is O=C(Cn1nc2ccccc2n1)NCc1nc(C2CC2)no1. The molecule has 0 atom stereocenters. The van der Waals surface area contributed by atoms with Crippen molar-refractivity contribution in [2.45, 2.75) is 31.8 Å². The van der Waals surface area contributed by atoms with Gasteiger partial charge >= 0.3 is 0 Å². The molecule has 0 saturated heterocycles. The van der Waals surface area contributed by atoms with Gasteiger partial charge in [-0.2, -0.15) is 20.0 Å². The molecule has 1 amide bonds. The maximum Gasteiger partial charge on any atom is 0.246 e. The number of rotatable bonds is 5. The van der Waals surface area contributed by atoms with Gasteiger partial charge in [0, 0.05) is 5.92 Å². The second-order valence-corrected chi connectivity index (χ2v) is 5.32. The fraction of sp³-hybridized carbons (Fsp3) is 0.357. The summed E-state index contributed by atoms with van der Waals surface area (Å²) in [5.41, 5.74) is 1.53. The second kappa shape index (κ2) is 5.21. The molecule has 0 bridgehead atoms. The first-order valence-corrected chi connectivity index (χ1v) is 7.17. The van der Waals surface area contributed by atoms with Crippen molar-refractivity contribution in [1.29, 1.82) is 0 Å². The smallest absolute Gasteiger partial charge is 0.246 e. The number of carbonyl (C=O) groups excluding carboxylic acids is 1. The lowest BCUT2D eigenvalue weighted by molar-refractivity contribution is -0.122. The summed E-state index contributed by atoms with van der Waals surface area (Å²) in [7, 11) is 0. The van der Waals surface area contributed by atoms with Crippen molar-refractivity contribution >= 4 is 16.9 Å². The summed E-state index contributed by atoms with van der Waals surface area (Å²) in [6.07, 6.45) is 2.23. The lowest BCUT2D eigenvalue weighted by atomic mass is 10.3. The minimum atomic E-state index is -0.202. The van der Waals surface area contributed by atoms with E-state index in [-0.39, 0.29) is 19.0 Å². The summed E-state index contributed by atoms with van der Waals surface area (Å²) >= 11 is 0. The third-order valence-corrected chi connectivity index (χ3v) is 3.48. The first kappa shape index (κ1) is 12.9. The molecule has 1 aromatic carbocycles. The number of hydrogen-bond donors (Lipinski definition) is 1. The third kappa shape index (κ3) is 2.67. The Morgan fingerprint density at radius 1 is 1.27 bits per heavy atom. The van der Waals surface area contributed by atoms with Gasteiger partial charge in [-0.3, -0.25) is 4.79 Å². The van der Waals surface area contributed by atoms with E-state index in [1.807, 2.05) is 24.3 Å². The summed E-state index contributed by atoms with van der Waals surface area (Å²) in [6, 6.07) is 7.48. The molecular weight excluding hydrogens is 284 g/mol. The Hall–Kier alpha value is -2.77. The lowest BCUT2D eigenvalue weighted by Crippen LogP contribution is -2.28. The molecule has 22 heavy (non-hydrogen) atoms. The highest BCUT2D eigenvalue weighted by molar-refractivity contribution is 5.76. The highest BCUT2D eigenvalue weighted by Gasteiger charge is 2.28. The Morgan fingerprint density at radius 2 is 2.00 bits per heavy atom. The van der Waals surface area contributed by atoms with Crippen LogP contribution in [0.5, 0.6) is 0 Å². The Bertz CT molecular complexity index is 786. The summed E-state index contributed by atoms with van der Waals surface area (Å²) in [5, 5.41) is 15.1. The lowest BCUT2D eigenvalue weighted by Gasteiger charge is -2.00. The first-order valence-electron chi connectivity index (χ1n) is 7.17. The van der Waals surface area contributed by atoms with Gasteiger partial charge in [0.15, 0.2) is 5.82 Å². The van der Waals surface area contributed by atoms with Crippen LogP contribution in [-0.4, -0.2) is 31.0 Å². The number of nitrogens with zero attached hydrogens (tertiary/aromatic N) is 5. The standard InChI is InChI=1S/C14H14N6O2/c21-12(8-20-17-10-3-1-2-4-11(10)18-20)15-7-13-16-14(19-22-13)9-5-6-9/h1-4,9H,5-8H2,(H,15,21). The fourth-order valence-corrected chi connectivity index (χ4v) is 2.18. The van der Waals surface area contributed by atoms with Gasteiger partial charge in [-0.25, -0.2) is 0 Å². The first-order chi connectivity index (χ1) is 10.8. The number of aromatic nitrogens is 5. The molecule has 1 fully saturated rings. The van der Waals surface area contributed by atoms with Gasteiger partial charge in [-0.15, -0.1) is 0 Å². The molecular formula is C14H14N6O2. The van der Waals surface area contributed by atoms with E-state index in [0.29, 0.717) is 11.8 Å². The average molecular weight is 298 g/mol. The van der Waals surface area contributed by atoms with Crippen molar-refractivity contribution < 1.29 is 9.32 Å². The largest absolute Gasteiger partial charge is 0.345 e. The predicted octanol–water partition coefficient (Wildman–Crippen LogP) is 1.01. The summed E-state index contributed by atoms with van der Waals surface area (Å²) in [5.74, 6) is 1.40. The number of nitrogens with one attached hydrogen (secondary N) is 1. The Balaban J connectivity index is 1.35. The van der Waals surface area contributed by atoms with Gasteiger partial charge in [0.1, 0.15) is 17.6 Å². The summed E-state index contributed by atoms with van der Waals surface area (Å²) in [4.78, 5) is 17.5. The van der Waals surface area contributed by atoms with E-state index in [1.165, 1.54) is 4.80 Å². The predicted molar refractivity (Wildman–Crippen MR) is 75.6 cm³/mol. The van der Waals surface area contributed by atoms with Crippen LogP contribution in [0.15, 0.2) is 28.8 Å². The van der Waals surface area contributed by atoms with Crippen molar-refractivity contribution in [3.63, 3.8) is 0 Å². The van der Waals surface area contributed by atoms with Crippen LogP contribution in [-0.2, 0) is 17.9 Å².